The lowest BCUT2D eigenvalue weighted by atomic mass is 10.1. The van der Waals surface area contributed by atoms with Crippen LogP contribution in [0.1, 0.15) is 24.2 Å². The zero-order chi connectivity index (χ0) is 25.8. The summed E-state index contributed by atoms with van der Waals surface area (Å²) >= 11 is 0. The van der Waals surface area contributed by atoms with Gasteiger partial charge in [0.05, 0.1) is 45.8 Å². The Kier molecular flexibility index (Phi) is 11.5. The summed E-state index contributed by atoms with van der Waals surface area (Å²) in [6, 6.07) is 4.79. The Morgan fingerprint density at radius 2 is 1.40 bits per heavy atom. The van der Waals surface area contributed by atoms with Gasteiger partial charge in [0, 0.05) is 45.7 Å². The average molecular weight is 495 g/mol. The number of esters is 3. The summed E-state index contributed by atoms with van der Waals surface area (Å²) < 4.78 is 14.6. The molecule has 0 fully saturated rings. The quantitative estimate of drug-likeness (QED) is 0.358. The number of methoxy groups -OCH3 is 3. The number of aliphatic carboxylic acids is 1. The first-order valence-corrected chi connectivity index (χ1v) is 11.3. The van der Waals surface area contributed by atoms with Crippen molar-refractivity contribution in [3.8, 4) is 0 Å². The molecule has 1 aromatic heterocycles. The number of ether oxygens (including phenoxy) is 3. The highest BCUT2D eigenvalue weighted by atomic mass is 16.5. The topological polar surface area (TPSA) is 139 Å². The molecule has 194 valence electrons. The summed E-state index contributed by atoms with van der Waals surface area (Å²) in [5, 5.41) is 9.18. The zero-order valence-electron chi connectivity index (χ0n) is 20.5. The van der Waals surface area contributed by atoms with E-state index in [1.165, 1.54) is 21.3 Å². The lowest BCUT2D eigenvalue weighted by molar-refractivity contribution is -0.149. The Balaban J connectivity index is 2.37. The van der Waals surface area contributed by atoms with Gasteiger partial charge in [0.25, 0.3) is 0 Å². The van der Waals surface area contributed by atoms with Gasteiger partial charge >= 0.3 is 23.9 Å². The molecule has 1 aliphatic heterocycles. The van der Waals surface area contributed by atoms with Gasteiger partial charge in [0.1, 0.15) is 6.04 Å². The number of aromatic nitrogens is 1. The number of nitrogens with zero attached hydrogens (tertiary/aromatic N) is 4. The molecule has 1 aliphatic rings. The molecule has 0 saturated heterocycles. The predicted octanol–water partition coefficient (Wildman–Crippen LogP) is -0.246. The maximum atomic E-state index is 12.6. The number of hydrogen-bond donors (Lipinski definition) is 1. The molecule has 12 nitrogen and oxygen atoms in total. The lowest BCUT2D eigenvalue weighted by Crippen LogP contribution is -2.49. The van der Waals surface area contributed by atoms with Gasteiger partial charge in [0.15, 0.2) is 0 Å². The molecule has 1 unspecified atom stereocenters. The minimum Gasteiger partial charge on any atom is -0.481 e. The van der Waals surface area contributed by atoms with E-state index in [1.807, 2.05) is 32.9 Å². The summed E-state index contributed by atoms with van der Waals surface area (Å²) in [6.45, 7) is 2.27. The molecule has 0 spiro atoms. The van der Waals surface area contributed by atoms with Gasteiger partial charge in [0.2, 0.25) is 0 Å². The fraction of sp³-hybridized carbons (Fsp3) is 0.609. The van der Waals surface area contributed by atoms with Crippen LogP contribution in [0, 0.1) is 0 Å². The summed E-state index contributed by atoms with van der Waals surface area (Å²) in [5.41, 5.74) is 1.49. The maximum absolute atomic E-state index is 12.6. The second-order valence-electron chi connectivity index (χ2n) is 8.20. The van der Waals surface area contributed by atoms with Crippen molar-refractivity contribution in [3.05, 3.63) is 29.6 Å². The number of hydrogen-bond acceptors (Lipinski definition) is 11. The van der Waals surface area contributed by atoms with E-state index in [-0.39, 0.29) is 25.9 Å². The third-order valence-electron chi connectivity index (χ3n) is 5.75. The number of carbonyl (C=O) groups excluding carboxylic acids is 3. The van der Waals surface area contributed by atoms with Crippen molar-refractivity contribution in [2.24, 2.45) is 0 Å². The van der Waals surface area contributed by atoms with Crippen molar-refractivity contribution in [1.82, 2.24) is 19.7 Å². The molecule has 1 N–H and O–H groups in total. The largest absolute Gasteiger partial charge is 0.481 e. The normalized spacial score (nSPS) is 16.9. The van der Waals surface area contributed by atoms with Gasteiger partial charge < -0.3 is 19.3 Å². The molecule has 0 saturated carbocycles. The van der Waals surface area contributed by atoms with E-state index in [0.29, 0.717) is 39.3 Å². The van der Waals surface area contributed by atoms with Gasteiger partial charge in [-0.25, -0.2) is 0 Å². The highest BCUT2D eigenvalue weighted by molar-refractivity contribution is 5.77. The fourth-order valence-electron chi connectivity index (χ4n) is 3.89. The zero-order valence-corrected chi connectivity index (χ0v) is 20.5. The van der Waals surface area contributed by atoms with Crippen LogP contribution in [0.25, 0.3) is 0 Å². The minimum atomic E-state index is -1.02. The van der Waals surface area contributed by atoms with Crippen LogP contribution in [0.2, 0.25) is 0 Å². The molecule has 35 heavy (non-hydrogen) atoms. The van der Waals surface area contributed by atoms with Crippen LogP contribution in [0.4, 0.5) is 0 Å². The molecule has 2 rings (SSSR count). The number of fused-ring (bicyclic) bond motifs is 2. The SMILES string of the molecule is COC(=O)CN1CCN(C(CCC(=O)O)C(=O)OC)CCN(CC(=O)OC)Cc2cccc(n2)C1. The van der Waals surface area contributed by atoms with Crippen LogP contribution in [0.5, 0.6) is 0 Å². The number of rotatable bonds is 9. The van der Waals surface area contributed by atoms with Crippen LogP contribution in [0.3, 0.4) is 0 Å². The standard InChI is InChI=1S/C23H34N4O8/c1-33-21(30)15-25-9-11-27(19(23(32)35-3)7-8-20(28)29)12-10-26(16-22(31)34-2)14-18-6-4-5-17(13-25)24-18/h4-6,19H,7-16H2,1-3H3,(H,28,29). The Bertz CT molecular complexity index is 834. The van der Waals surface area contributed by atoms with Crippen LogP contribution < -0.4 is 0 Å². The molecular formula is C23H34N4O8. The van der Waals surface area contributed by atoms with Gasteiger partial charge in [-0.05, 0) is 18.6 Å². The number of pyridine rings is 1. The van der Waals surface area contributed by atoms with Crippen molar-refractivity contribution in [2.45, 2.75) is 32.0 Å². The van der Waals surface area contributed by atoms with E-state index >= 15 is 0 Å². The van der Waals surface area contributed by atoms with Crippen LogP contribution in [-0.2, 0) is 46.5 Å². The third kappa shape index (κ3) is 9.59. The Labute approximate surface area is 204 Å². The Hall–Kier alpha value is -3.09. The van der Waals surface area contributed by atoms with Gasteiger partial charge in [-0.1, -0.05) is 6.07 Å². The summed E-state index contributed by atoms with van der Waals surface area (Å²) in [6.07, 6.45) is -0.140. The van der Waals surface area contributed by atoms with Crippen molar-refractivity contribution in [2.75, 3.05) is 60.6 Å². The van der Waals surface area contributed by atoms with Crippen molar-refractivity contribution >= 4 is 23.9 Å². The average Bonchev–Trinajstić information content (AvgIpc) is 2.83. The van der Waals surface area contributed by atoms with E-state index in [4.69, 9.17) is 14.2 Å². The summed E-state index contributed by atoms with van der Waals surface area (Å²) in [7, 11) is 3.90. The molecule has 0 radical (unpaired) electrons. The highest BCUT2D eigenvalue weighted by Gasteiger charge is 2.29. The highest BCUT2D eigenvalue weighted by Crippen LogP contribution is 2.14. The molecule has 0 aliphatic carbocycles. The molecule has 2 heterocycles. The van der Waals surface area contributed by atoms with Gasteiger partial charge in [-0.3, -0.25) is 38.9 Å². The predicted molar refractivity (Wildman–Crippen MR) is 123 cm³/mol. The summed E-state index contributed by atoms with van der Waals surface area (Å²) in [4.78, 5) is 58.1. The molecular weight excluding hydrogens is 460 g/mol. The van der Waals surface area contributed by atoms with Crippen LogP contribution in [0.15, 0.2) is 18.2 Å². The Morgan fingerprint density at radius 1 is 0.886 bits per heavy atom. The second kappa shape index (κ2) is 14.3. The van der Waals surface area contributed by atoms with Crippen LogP contribution >= 0.6 is 0 Å². The summed E-state index contributed by atoms with van der Waals surface area (Å²) in [5.74, 6) is -2.36. The minimum absolute atomic E-state index is 0.0305. The molecule has 1 aromatic rings. The van der Waals surface area contributed by atoms with Crippen molar-refractivity contribution in [3.63, 3.8) is 0 Å². The van der Waals surface area contributed by atoms with Gasteiger partial charge in [-0.15, -0.1) is 0 Å². The molecule has 0 aromatic carbocycles. The van der Waals surface area contributed by atoms with Crippen LogP contribution in [-0.4, -0.2) is 115 Å². The van der Waals surface area contributed by atoms with E-state index in [1.54, 1.807) is 0 Å². The van der Waals surface area contributed by atoms with E-state index in [9.17, 15) is 24.3 Å². The number of carboxylic acids is 1. The van der Waals surface area contributed by atoms with Crippen molar-refractivity contribution in [1.29, 1.82) is 0 Å². The lowest BCUT2D eigenvalue weighted by Gasteiger charge is -2.34. The second-order valence-corrected chi connectivity index (χ2v) is 8.20. The first-order valence-electron chi connectivity index (χ1n) is 11.3. The fourth-order valence-corrected chi connectivity index (χ4v) is 3.89. The van der Waals surface area contributed by atoms with Gasteiger partial charge in [-0.2, -0.15) is 0 Å². The monoisotopic (exact) mass is 494 g/mol. The molecule has 12 heteroatoms. The van der Waals surface area contributed by atoms with E-state index < -0.39 is 29.9 Å². The first kappa shape index (κ1) is 28.1. The smallest absolute Gasteiger partial charge is 0.323 e. The van der Waals surface area contributed by atoms with Crippen molar-refractivity contribution < 1.29 is 38.5 Å². The van der Waals surface area contributed by atoms with E-state index in [0.717, 1.165) is 11.4 Å². The first-order chi connectivity index (χ1) is 16.7. The number of carboxylic acid groups (broad SMARTS) is 1. The Morgan fingerprint density at radius 3 is 1.83 bits per heavy atom. The van der Waals surface area contributed by atoms with E-state index in [2.05, 4.69) is 4.98 Å². The molecule has 0 amide bonds. The maximum Gasteiger partial charge on any atom is 0.323 e. The number of carbonyl (C=O) groups is 4. The molecule has 2 bridgehead atoms. The third-order valence-corrected chi connectivity index (χ3v) is 5.75. The molecule has 1 atom stereocenters.